The van der Waals surface area contributed by atoms with Crippen molar-refractivity contribution in [2.45, 2.75) is 38.3 Å². The lowest BCUT2D eigenvalue weighted by Gasteiger charge is -2.34. The molecule has 29 heavy (non-hydrogen) atoms. The average molecular weight is 393 g/mol. The van der Waals surface area contributed by atoms with Crippen molar-refractivity contribution in [3.8, 4) is 0 Å². The summed E-state index contributed by atoms with van der Waals surface area (Å²) in [5, 5.41) is 4.29. The summed E-state index contributed by atoms with van der Waals surface area (Å²) in [6.07, 6.45) is 2.83. The predicted octanol–water partition coefficient (Wildman–Crippen LogP) is 1.76. The molecule has 0 unspecified atom stereocenters. The summed E-state index contributed by atoms with van der Waals surface area (Å²) in [6.45, 7) is 1.92. The van der Waals surface area contributed by atoms with E-state index in [0.717, 1.165) is 17.4 Å². The SMILES string of the molecule is [2H]c1nc2ncn(C)c2c(=O)n1Cc1nn(C2CC(c3ccc(C)cc3)C2)c(=O)o1. The predicted molar refractivity (Wildman–Crippen MR) is 105 cm³/mol. The van der Waals surface area contributed by atoms with Crippen molar-refractivity contribution in [1.29, 1.82) is 0 Å². The van der Waals surface area contributed by atoms with Crippen LogP contribution >= 0.6 is 0 Å². The van der Waals surface area contributed by atoms with Gasteiger partial charge in [0.1, 0.15) is 14.2 Å². The van der Waals surface area contributed by atoms with E-state index in [4.69, 9.17) is 5.79 Å². The van der Waals surface area contributed by atoms with Gasteiger partial charge in [-0.2, -0.15) is 4.68 Å². The zero-order valence-corrected chi connectivity index (χ0v) is 16.1. The molecule has 4 aromatic rings. The second kappa shape index (κ2) is 6.54. The van der Waals surface area contributed by atoms with Crippen LogP contribution in [0.4, 0.5) is 0 Å². The van der Waals surface area contributed by atoms with Crippen molar-refractivity contribution >= 4 is 11.2 Å². The fraction of sp³-hybridized carbons (Fsp3) is 0.350. The second-order valence-corrected chi connectivity index (χ2v) is 7.57. The van der Waals surface area contributed by atoms with E-state index in [0.29, 0.717) is 5.92 Å². The van der Waals surface area contributed by atoms with Gasteiger partial charge in [0.25, 0.3) is 5.56 Å². The maximum absolute atomic E-state index is 12.7. The Labute approximate surface area is 166 Å². The van der Waals surface area contributed by atoms with Crippen molar-refractivity contribution in [3.05, 3.63) is 74.8 Å². The molecule has 0 atom stereocenters. The highest BCUT2D eigenvalue weighted by Gasteiger charge is 2.34. The highest BCUT2D eigenvalue weighted by atomic mass is 16.4. The van der Waals surface area contributed by atoms with Gasteiger partial charge >= 0.3 is 5.76 Å². The number of benzene rings is 1. The second-order valence-electron chi connectivity index (χ2n) is 7.57. The number of hydrogen-bond donors (Lipinski definition) is 0. The van der Waals surface area contributed by atoms with E-state index >= 15 is 0 Å². The molecule has 1 aliphatic rings. The van der Waals surface area contributed by atoms with Crippen LogP contribution in [0.15, 0.2) is 50.9 Å². The molecule has 1 fully saturated rings. The van der Waals surface area contributed by atoms with E-state index in [1.807, 2.05) is 0 Å². The van der Waals surface area contributed by atoms with Gasteiger partial charge < -0.3 is 8.98 Å². The number of fused-ring (bicyclic) bond motifs is 1. The summed E-state index contributed by atoms with van der Waals surface area (Å²) >= 11 is 0. The van der Waals surface area contributed by atoms with Crippen molar-refractivity contribution in [2.24, 2.45) is 7.05 Å². The summed E-state index contributed by atoms with van der Waals surface area (Å²) in [6, 6.07) is 8.39. The number of hydrogen-bond acceptors (Lipinski definition) is 6. The Bertz CT molecular complexity index is 1360. The average Bonchev–Trinajstić information content (AvgIpc) is 3.22. The van der Waals surface area contributed by atoms with Crippen LogP contribution in [0.5, 0.6) is 0 Å². The molecule has 3 aromatic heterocycles. The van der Waals surface area contributed by atoms with Crippen molar-refractivity contribution in [3.63, 3.8) is 0 Å². The fourth-order valence-corrected chi connectivity index (χ4v) is 3.79. The molecular formula is C20H20N6O3. The Balaban J connectivity index is 1.38. The van der Waals surface area contributed by atoms with Crippen LogP contribution < -0.4 is 11.3 Å². The molecule has 0 N–H and O–H groups in total. The lowest BCUT2D eigenvalue weighted by atomic mass is 9.76. The first-order valence-electron chi connectivity index (χ1n) is 9.94. The van der Waals surface area contributed by atoms with Gasteiger partial charge in [0.05, 0.1) is 12.4 Å². The largest absolute Gasteiger partial charge is 0.437 e. The molecule has 0 saturated heterocycles. The summed E-state index contributed by atoms with van der Waals surface area (Å²) in [5.74, 6) is -0.0780. The molecule has 0 amide bonds. The first-order valence-corrected chi connectivity index (χ1v) is 9.44. The zero-order chi connectivity index (χ0) is 21.0. The number of aryl methyl sites for hydroxylation is 2. The Kier molecular flexibility index (Phi) is 3.71. The van der Waals surface area contributed by atoms with E-state index < -0.39 is 11.3 Å². The fourth-order valence-electron chi connectivity index (χ4n) is 3.79. The molecule has 148 valence electrons. The first kappa shape index (κ1) is 16.5. The van der Waals surface area contributed by atoms with Crippen LogP contribution in [0, 0.1) is 6.92 Å². The lowest BCUT2D eigenvalue weighted by Crippen LogP contribution is -2.31. The standard InChI is InChI=1S/C20H20N6O3/c1-12-3-5-13(6-4-12)14-7-15(8-14)26-20(28)29-16(23-26)9-25-11-22-18-17(19(25)27)24(2)10-21-18/h3-6,10-11,14-15H,7-9H2,1-2H3/i11D. The monoisotopic (exact) mass is 393 g/mol. The van der Waals surface area contributed by atoms with E-state index in [2.05, 4.69) is 46.3 Å². The van der Waals surface area contributed by atoms with Gasteiger partial charge in [-0.25, -0.2) is 14.8 Å². The first-order chi connectivity index (χ1) is 14.4. The molecule has 0 radical (unpaired) electrons. The quantitative estimate of drug-likeness (QED) is 0.524. The Morgan fingerprint density at radius 3 is 2.72 bits per heavy atom. The third-order valence-corrected chi connectivity index (χ3v) is 5.55. The van der Waals surface area contributed by atoms with Crippen LogP contribution in [0.2, 0.25) is 0 Å². The van der Waals surface area contributed by atoms with Crippen LogP contribution in [0.25, 0.3) is 11.2 Å². The number of imidazole rings is 1. The minimum Gasteiger partial charge on any atom is -0.390 e. The number of nitrogens with zero attached hydrogens (tertiary/aromatic N) is 6. The lowest BCUT2D eigenvalue weighted by molar-refractivity contribution is 0.233. The molecular weight excluding hydrogens is 372 g/mol. The highest BCUT2D eigenvalue weighted by Crippen LogP contribution is 2.43. The molecule has 0 aliphatic heterocycles. The minimum atomic E-state index is -0.550. The third-order valence-electron chi connectivity index (χ3n) is 5.55. The molecule has 9 nitrogen and oxygen atoms in total. The maximum Gasteiger partial charge on any atom is 0.437 e. The van der Waals surface area contributed by atoms with Crippen LogP contribution in [-0.2, 0) is 13.6 Å². The van der Waals surface area contributed by atoms with Crippen molar-refractivity contribution < 1.29 is 5.79 Å². The van der Waals surface area contributed by atoms with Crippen LogP contribution in [-0.4, -0.2) is 28.9 Å². The van der Waals surface area contributed by atoms with Crippen LogP contribution in [0.3, 0.4) is 0 Å². The normalized spacial score (nSPS) is 19.3. The Hall–Kier alpha value is -3.49. The van der Waals surface area contributed by atoms with E-state index in [9.17, 15) is 9.59 Å². The van der Waals surface area contributed by atoms with E-state index in [1.54, 1.807) is 11.6 Å². The highest BCUT2D eigenvalue weighted by molar-refractivity contribution is 5.68. The summed E-state index contributed by atoms with van der Waals surface area (Å²) in [4.78, 5) is 33.1. The van der Waals surface area contributed by atoms with Gasteiger partial charge in [-0.05, 0) is 31.2 Å². The molecule has 9 heteroatoms. The maximum atomic E-state index is 12.7. The smallest absolute Gasteiger partial charge is 0.390 e. The molecule has 5 rings (SSSR count). The van der Waals surface area contributed by atoms with E-state index in [-0.39, 0.29) is 35.9 Å². The third kappa shape index (κ3) is 2.98. The molecule has 1 aromatic carbocycles. The topological polar surface area (TPSA) is 101 Å². The summed E-state index contributed by atoms with van der Waals surface area (Å²) in [5.41, 5.74) is 2.55. The molecule has 0 spiro atoms. The summed E-state index contributed by atoms with van der Waals surface area (Å²) < 4.78 is 17.3. The van der Waals surface area contributed by atoms with Gasteiger partial charge in [0, 0.05) is 7.05 Å². The molecule has 0 bridgehead atoms. The number of aromatic nitrogens is 6. The molecule has 3 heterocycles. The van der Waals surface area contributed by atoms with Gasteiger partial charge in [-0.1, -0.05) is 29.8 Å². The van der Waals surface area contributed by atoms with Gasteiger partial charge in [0.2, 0.25) is 5.89 Å². The van der Waals surface area contributed by atoms with Crippen molar-refractivity contribution in [2.75, 3.05) is 0 Å². The minimum absolute atomic E-state index is 0.0359. The molecule has 1 aliphatic carbocycles. The van der Waals surface area contributed by atoms with Gasteiger partial charge in [-0.3, -0.25) is 9.36 Å². The van der Waals surface area contributed by atoms with Gasteiger partial charge in [0.15, 0.2) is 11.2 Å². The molecule has 1 saturated carbocycles. The Morgan fingerprint density at radius 1 is 1.21 bits per heavy atom. The zero-order valence-electron chi connectivity index (χ0n) is 17.1. The van der Waals surface area contributed by atoms with Crippen molar-refractivity contribution in [1.82, 2.24) is 28.9 Å². The van der Waals surface area contributed by atoms with E-state index in [1.165, 1.54) is 22.1 Å². The van der Waals surface area contributed by atoms with Gasteiger partial charge in [-0.15, -0.1) is 5.10 Å². The number of rotatable bonds is 4. The van der Waals surface area contributed by atoms with Crippen LogP contribution in [0.1, 0.15) is 43.2 Å². The Morgan fingerprint density at radius 2 is 1.97 bits per heavy atom. The summed E-state index contributed by atoms with van der Waals surface area (Å²) in [7, 11) is 1.68.